The minimum absolute atomic E-state index is 0.0259. The number of fused-ring (bicyclic) bond motifs is 3. The second-order valence-corrected chi connectivity index (χ2v) is 8.69. The highest BCUT2D eigenvalue weighted by molar-refractivity contribution is 5.92. The molecule has 158 valence electrons. The Balaban J connectivity index is 1.60. The highest BCUT2D eigenvalue weighted by Gasteiger charge is 2.38. The molecule has 1 amide bonds. The number of nitrogens with zero attached hydrogens (tertiary/aromatic N) is 1. The number of hydrogen-bond acceptors (Lipinski definition) is 3. The molecular formula is C26H33N3O. The lowest BCUT2D eigenvalue weighted by Crippen LogP contribution is -2.29. The van der Waals surface area contributed by atoms with Crippen molar-refractivity contribution in [3.63, 3.8) is 0 Å². The van der Waals surface area contributed by atoms with E-state index in [1.807, 2.05) is 19.9 Å². The van der Waals surface area contributed by atoms with Crippen LogP contribution in [-0.2, 0) is 4.79 Å². The van der Waals surface area contributed by atoms with Crippen LogP contribution in [0.1, 0.15) is 57.2 Å². The van der Waals surface area contributed by atoms with Gasteiger partial charge in [-0.25, -0.2) is 0 Å². The van der Waals surface area contributed by atoms with Gasteiger partial charge in [-0.3, -0.25) is 4.79 Å². The van der Waals surface area contributed by atoms with Crippen LogP contribution < -0.4 is 15.5 Å². The molecule has 0 bridgehead atoms. The highest BCUT2D eigenvalue weighted by atomic mass is 16.1. The number of carbonyl (C=O) groups is 1. The van der Waals surface area contributed by atoms with Crippen LogP contribution in [0.5, 0.6) is 0 Å². The van der Waals surface area contributed by atoms with E-state index in [9.17, 15) is 4.79 Å². The predicted molar refractivity (Wildman–Crippen MR) is 126 cm³/mol. The molecule has 0 aromatic heterocycles. The average molecular weight is 404 g/mol. The topological polar surface area (TPSA) is 44.4 Å². The van der Waals surface area contributed by atoms with E-state index in [2.05, 4.69) is 77.9 Å². The summed E-state index contributed by atoms with van der Waals surface area (Å²) in [5, 5.41) is 6.84. The van der Waals surface area contributed by atoms with Gasteiger partial charge in [-0.05, 0) is 67.6 Å². The van der Waals surface area contributed by atoms with Crippen LogP contribution >= 0.6 is 0 Å². The lowest BCUT2D eigenvalue weighted by atomic mass is 9.77. The van der Waals surface area contributed by atoms with Gasteiger partial charge < -0.3 is 15.5 Å². The first-order valence-corrected chi connectivity index (χ1v) is 11.2. The lowest BCUT2D eigenvalue weighted by molar-refractivity contribution is -0.118. The van der Waals surface area contributed by atoms with E-state index < -0.39 is 0 Å². The maximum absolute atomic E-state index is 12.1. The van der Waals surface area contributed by atoms with Crippen LogP contribution in [-0.4, -0.2) is 19.0 Å². The van der Waals surface area contributed by atoms with E-state index in [0.29, 0.717) is 17.9 Å². The van der Waals surface area contributed by atoms with Crippen molar-refractivity contribution in [1.82, 2.24) is 0 Å². The third kappa shape index (κ3) is 3.83. The normalized spacial score (nSPS) is 21.7. The Kier molecular flexibility index (Phi) is 5.85. The largest absolute Gasteiger partial charge is 0.378 e. The van der Waals surface area contributed by atoms with Gasteiger partial charge in [0.1, 0.15) is 0 Å². The molecule has 0 saturated carbocycles. The SMILES string of the molecule is CCN(CC)c1ccc(C2Nc3ccc(NC(=O)C(C)C)cc3C3C=CCC32)cc1. The average Bonchev–Trinajstić information content (AvgIpc) is 3.25. The molecule has 4 nitrogen and oxygen atoms in total. The van der Waals surface area contributed by atoms with Gasteiger partial charge in [-0.1, -0.05) is 38.1 Å². The van der Waals surface area contributed by atoms with E-state index in [4.69, 9.17) is 0 Å². The molecule has 4 heteroatoms. The number of carbonyl (C=O) groups excluding carboxylic acids is 1. The van der Waals surface area contributed by atoms with Gasteiger partial charge in [-0.2, -0.15) is 0 Å². The molecule has 1 heterocycles. The summed E-state index contributed by atoms with van der Waals surface area (Å²) in [6, 6.07) is 15.6. The molecule has 0 fully saturated rings. The minimum Gasteiger partial charge on any atom is -0.378 e. The molecule has 2 aromatic rings. The van der Waals surface area contributed by atoms with E-state index >= 15 is 0 Å². The number of nitrogens with one attached hydrogen (secondary N) is 2. The maximum atomic E-state index is 12.1. The summed E-state index contributed by atoms with van der Waals surface area (Å²) in [7, 11) is 0. The molecule has 0 spiro atoms. The summed E-state index contributed by atoms with van der Waals surface area (Å²) in [5.74, 6) is 0.905. The summed E-state index contributed by atoms with van der Waals surface area (Å²) in [6.07, 6.45) is 5.72. The van der Waals surface area contributed by atoms with Crippen molar-refractivity contribution >= 4 is 23.0 Å². The Labute approximate surface area is 180 Å². The molecule has 0 saturated heterocycles. The quantitative estimate of drug-likeness (QED) is 0.586. The first kappa shape index (κ1) is 20.5. The number of amides is 1. The van der Waals surface area contributed by atoms with Crippen molar-refractivity contribution in [2.24, 2.45) is 11.8 Å². The van der Waals surface area contributed by atoms with Gasteiger partial charge in [0.25, 0.3) is 0 Å². The number of allylic oxidation sites excluding steroid dienone is 2. The number of benzene rings is 2. The van der Waals surface area contributed by atoms with Crippen LogP contribution in [0.4, 0.5) is 17.1 Å². The van der Waals surface area contributed by atoms with E-state index in [1.54, 1.807) is 0 Å². The van der Waals surface area contributed by atoms with Crippen molar-refractivity contribution in [1.29, 1.82) is 0 Å². The standard InChI is InChI=1S/C26H33N3O/c1-5-29(6-2)20-13-10-18(11-14-20)25-22-9-7-8-21(22)23-16-19(12-15-24(23)28-25)27-26(30)17(3)4/h7-8,10-17,21-22,25,28H,5-6,9H2,1-4H3,(H,27,30). The Morgan fingerprint density at radius 1 is 1.13 bits per heavy atom. The highest BCUT2D eigenvalue weighted by Crippen LogP contribution is 2.50. The third-order valence-corrected chi connectivity index (χ3v) is 6.54. The first-order valence-electron chi connectivity index (χ1n) is 11.2. The van der Waals surface area contributed by atoms with E-state index in [-0.39, 0.29) is 11.8 Å². The monoisotopic (exact) mass is 403 g/mol. The summed E-state index contributed by atoms with van der Waals surface area (Å²) in [6.45, 7) is 10.3. The molecule has 2 aliphatic rings. The van der Waals surface area contributed by atoms with Gasteiger partial charge >= 0.3 is 0 Å². The Morgan fingerprint density at radius 2 is 1.87 bits per heavy atom. The van der Waals surface area contributed by atoms with Crippen LogP contribution in [0.25, 0.3) is 0 Å². The van der Waals surface area contributed by atoms with E-state index in [0.717, 1.165) is 25.2 Å². The van der Waals surface area contributed by atoms with E-state index in [1.165, 1.54) is 22.5 Å². The fourth-order valence-corrected chi connectivity index (χ4v) is 4.77. The first-order chi connectivity index (χ1) is 14.5. The Morgan fingerprint density at radius 3 is 2.53 bits per heavy atom. The van der Waals surface area contributed by atoms with Crippen LogP contribution in [0.2, 0.25) is 0 Å². The molecular weight excluding hydrogens is 370 g/mol. The van der Waals surface area contributed by atoms with Gasteiger partial charge in [0.05, 0.1) is 6.04 Å². The van der Waals surface area contributed by atoms with Gasteiger partial charge in [0.15, 0.2) is 0 Å². The van der Waals surface area contributed by atoms with Crippen LogP contribution in [0.3, 0.4) is 0 Å². The summed E-state index contributed by atoms with van der Waals surface area (Å²) < 4.78 is 0. The molecule has 1 aliphatic carbocycles. The second kappa shape index (κ2) is 8.55. The predicted octanol–water partition coefficient (Wildman–Crippen LogP) is 5.95. The van der Waals surface area contributed by atoms with Crippen molar-refractivity contribution < 1.29 is 4.79 Å². The molecule has 4 rings (SSSR count). The van der Waals surface area contributed by atoms with Gasteiger partial charge in [0.2, 0.25) is 5.91 Å². The van der Waals surface area contributed by atoms with Crippen LogP contribution in [0, 0.1) is 11.8 Å². The van der Waals surface area contributed by atoms with Gasteiger partial charge in [-0.15, -0.1) is 0 Å². The minimum atomic E-state index is -0.0259. The number of anilines is 3. The summed E-state index contributed by atoms with van der Waals surface area (Å²) >= 11 is 0. The fourth-order valence-electron chi connectivity index (χ4n) is 4.77. The molecule has 3 atom stereocenters. The zero-order valence-corrected chi connectivity index (χ0v) is 18.5. The molecule has 2 aromatic carbocycles. The molecule has 3 unspecified atom stereocenters. The smallest absolute Gasteiger partial charge is 0.226 e. The van der Waals surface area contributed by atoms with Gasteiger partial charge in [0, 0.05) is 42.0 Å². The summed E-state index contributed by atoms with van der Waals surface area (Å²) in [5.41, 5.74) is 5.96. The lowest BCUT2D eigenvalue weighted by Gasteiger charge is -2.38. The number of hydrogen-bond donors (Lipinski definition) is 2. The zero-order chi connectivity index (χ0) is 21.3. The van der Waals surface area contributed by atoms with Crippen molar-refractivity contribution in [3.05, 3.63) is 65.7 Å². The molecule has 1 aliphatic heterocycles. The molecule has 30 heavy (non-hydrogen) atoms. The Hall–Kier alpha value is -2.75. The Bertz CT molecular complexity index is 928. The number of rotatable bonds is 6. The zero-order valence-electron chi connectivity index (χ0n) is 18.5. The van der Waals surface area contributed by atoms with Crippen molar-refractivity contribution in [2.45, 2.75) is 46.1 Å². The second-order valence-electron chi connectivity index (χ2n) is 8.69. The maximum Gasteiger partial charge on any atom is 0.226 e. The van der Waals surface area contributed by atoms with Crippen LogP contribution in [0.15, 0.2) is 54.6 Å². The molecule has 0 radical (unpaired) electrons. The molecule has 2 N–H and O–H groups in total. The van der Waals surface area contributed by atoms with Crippen molar-refractivity contribution in [3.8, 4) is 0 Å². The van der Waals surface area contributed by atoms with Crippen molar-refractivity contribution in [2.75, 3.05) is 28.6 Å². The third-order valence-electron chi connectivity index (χ3n) is 6.54. The fraction of sp³-hybridized carbons (Fsp3) is 0.423. The summed E-state index contributed by atoms with van der Waals surface area (Å²) in [4.78, 5) is 14.5.